The van der Waals surface area contributed by atoms with Gasteiger partial charge in [-0.25, -0.2) is 9.59 Å². The standard InChI is InChI=1S/C17H18N2O4/c1-4-22-16(20)12-6-7-18-14(9-12)15-10-13(8-11(3)19-15)17(21)23-5-2/h6-10H,4-5H2,1-3H3. The number of aromatic nitrogens is 2. The molecule has 0 aliphatic carbocycles. The van der Waals surface area contributed by atoms with Gasteiger partial charge in [-0.2, -0.15) is 0 Å². The number of aryl methyl sites for hydroxylation is 1. The summed E-state index contributed by atoms with van der Waals surface area (Å²) in [4.78, 5) is 32.3. The highest BCUT2D eigenvalue weighted by Crippen LogP contribution is 2.19. The molecule has 0 amide bonds. The van der Waals surface area contributed by atoms with Crippen LogP contribution >= 0.6 is 0 Å². The van der Waals surface area contributed by atoms with Crippen LogP contribution in [0, 0.1) is 6.92 Å². The lowest BCUT2D eigenvalue weighted by Crippen LogP contribution is -2.07. The Morgan fingerprint density at radius 3 is 2.22 bits per heavy atom. The maximum Gasteiger partial charge on any atom is 0.338 e. The molecule has 0 unspecified atom stereocenters. The quantitative estimate of drug-likeness (QED) is 0.790. The molecule has 0 fully saturated rings. The van der Waals surface area contributed by atoms with E-state index in [1.54, 1.807) is 45.0 Å². The molecule has 6 nitrogen and oxygen atoms in total. The molecule has 2 rings (SSSR count). The van der Waals surface area contributed by atoms with Crippen molar-refractivity contribution >= 4 is 11.9 Å². The van der Waals surface area contributed by atoms with Gasteiger partial charge in [0, 0.05) is 11.9 Å². The van der Waals surface area contributed by atoms with Gasteiger partial charge in [0.1, 0.15) is 0 Å². The SMILES string of the molecule is CCOC(=O)c1ccnc(-c2cc(C(=O)OCC)cc(C)n2)c1. The summed E-state index contributed by atoms with van der Waals surface area (Å²) in [6, 6.07) is 6.41. The van der Waals surface area contributed by atoms with E-state index < -0.39 is 11.9 Å². The second-order valence-electron chi connectivity index (χ2n) is 4.75. The molecule has 0 aromatic carbocycles. The van der Waals surface area contributed by atoms with E-state index in [2.05, 4.69) is 9.97 Å². The first-order valence-electron chi connectivity index (χ1n) is 7.34. The highest BCUT2D eigenvalue weighted by molar-refractivity contribution is 5.92. The van der Waals surface area contributed by atoms with E-state index in [1.165, 1.54) is 6.20 Å². The summed E-state index contributed by atoms with van der Waals surface area (Å²) >= 11 is 0. The fraction of sp³-hybridized carbons (Fsp3) is 0.294. The molecule has 2 aromatic rings. The Morgan fingerprint density at radius 1 is 0.957 bits per heavy atom. The first kappa shape index (κ1) is 16.6. The summed E-state index contributed by atoms with van der Waals surface area (Å²) in [5.41, 5.74) is 2.44. The predicted molar refractivity (Wildman–Crippen MR) is 84.1 cm³/mol. The van der Waals surface area contributed by atoms with Crippen LogP contribution in [-0.4, -0.2) is 35.1 Å². The number of carbonyl (C=O) groups excluding carboxylic acids is 2. The van der Waals surface area contributed by atoms with E-state index in [9.17, 15) is 9.59 Å². The number of rotatable bonds is 5. The average Bonchev–Trinajstić information content (AvgIpc) is 2.55. The molecule has 2 aromatic heterocycles. The zero-order chi connectivity index (χ0) is 16.8. The van der Waals surface area contributed by atoms with Crippen LogP contribution < -0.4 is 0 Å². The molecule has 0 saturated carbocycles. The van der Waals surface area contributed by atoms with Crippen LogP contribution in [-0.2, 0) is 9.47 Å². The van der Waals surface area contributed by atoms with Crippen LogP contribution in [0.25, 0.3) is 11.4 Å². The van der Waals surface area contributed by atoms with Gasteiger partial charge in [-0.3, -0.25) is 9.97 Å². The minimum absolute atomic E-state index is 0.298. The molecule has 0 bridgehead atoms. The van der Waals surface area contributed by atoms with E-state index in [0.717, 1.165) is 0 Å². The summed E-state index contributed by atoms with van der Waals surface area (Å²) in [6.45, 7) is 5.87. The Kier molecular flexibility index (Phi) is 5.41. The molecule has 6 heteroatoms. The lowest BCUT2D eigenvalue weighted by Gasteiger charge is -2.07. The van der Waals surface area contributed by atoms with Crippen LogP contribution in [0.2, 0.25) is 0 Å². The molecular formula is C17H18N2O4. The Labute approximate surface area is 134 Å². The highest BCUT2D eigenvalue weighted by Gasteiger charge is 2.13. The number of ether oxygens (including phenoxy) is 2. The van der Waals surface area contributed by atoms with Crippen molar-refractivity contribution in [2.24, 2.45) is 0 Å². The Balaban J connectivity index is 2.40. The maximum atomic E-state index is 11.9. The number of hydrogen-bond donors (Lipinski definition) is 0. The van der Waals surface area contributed by atoms with E-state index >= 15 is 0 Å². The molecule has 0 saturated heterocycles. The number of esters is 2. The van der Waals surface area contributed by atoms with E-state index in [-0.39, 0.29) is 0 Å². The highest BCUT2D eigenvalue weighted by atomic mass is 16.5. The van der Waals surface area contributed by atoms with Crippen molar-refractivity contribution < 1.29 is 19.1 Å². The fourth-order valence-corrected chi connectivity index (χ4v) is 2.04. The average molecular weight is 314 g/mol. The normalized spacial score (nSPS) is 10.2. The summed E-state index contributed by atoms with van der Waals surface area (Å²) < 4.78 is 9.98. The van der Waals surface area contributed by atoms with E-state index in [4.69, 9.17) is 9.47 Å². The lowest BCUT2D eigenvalue weighted by atomic mass is 10.1. The van der Waals surface area contributed by atoms with Gasteiger partial charge in [-0.15, -0.1) is 0 Å². The van der Waals surface area contributed by atoms with Gasteiger partial charge in [0.05, 0.1) is 35.7 Å². The zero-order valence-electron chi connectivity index (χ0n) is 13.3. The molecule has 120 valence electrons. The molecule has 0 radical (unpaired) electrons. The fourth-order valence-electron chi connectivity index (χ4n) is 2.04. The van der Waals surface area contributed by atoms with Gasteiger partial charge in [0.25, 0.3) is 0 Å². The van der Waals surface area contributed by atoms with Crippen LogP contribution in [0.4, 0.5) is 0 Å². The topological polar surface area (TPSA) is 78.4 Å². The molecule has 2 heterocycles. The predicted octanol–water partition coefficient (Wildman–Crippen LogP) is 2.81. The third-order valence-electron chi connectivity index (χ3n) is 3.00. The van der Waals surface area contributed by atoms with Crippen molar-refractivity contribution in [1.82, 2.24) is 9.97 Å². The van der Waals surface area contributed by atoms with Gasteiger partial charge in [-0.1, -0.05) is 0 Å². The van der Waals surface area contributed by atoms with Crippen molar-refractivity contribution in [3.63, 3.8) is 0 Å². The Bertz CT molecular complexity index is 728. The van der Waals surface area contributed by atoms with Crippen LogP contribution in [0.3, 0.4) is 0 Å². The largest absolute Gasteiger partial charge is 0.462 e. The van der Waals surface area contributed by atoms with Gasteiger partial charge in [0.15, 0.2) is 0 Å². The minimum Gasteiger partial charge on any atom is -0.462 e. The summed E-state index contributed by atoms with van der Waals surface area (Å²) in [5, 5.41) is 0. The lowest BCUT2D eigenvalue weighted by molar-refractivity contribution is 0.0516. The second kappa shape index (κ2) is 7.49. The zero-order valence-corrected chi connectivity index (χ0v) is 13.3. The van der Waals surface area contributed by atoms with E-state index in [1.807, 2.05) is 0 Å². The van der Waals surface area contributed by atoms with Gasteiger partial charge in [-0.05, 0) is 45.0 Å². The van der Waals surface area contributed by atoms with Crippen LogP contribution in [0.1, 0.15) is 40.3 Å². The second-order valence-corrected chi connectivity index (χ2v) is 4.75. The first-order chi connectivity index (χ1) is 11.0. The van der Waals surface area contributed by atoms with E-state index in [0.29, 0.717) is 41.4 Å². The maximum absolute atomic E-state index is 11.9. The molecule has 0 aliphatic rings. The van der Waals surface area contributed by atoms with Crippen molar-refractivity contribution in [3.05, 3.63) is 47.3 Å². The summed E-state index contributed by atoms with van der Waals surface area (Å²) in [6.07, 6.45) is 1.51. The van der Waals surface area contributed by atoms with Crippen molar-refractivity contribution in [1.29, 1.82) is 0 Å². The molecule has 23 heavy (non-hydrogen) atoms. The first-order valence-corrected chi connectivity index (χ1v) is 7.34. The van der Waals surface area contributed by atoms with Gasteiger partial charge in [0.2, 0.25) is 0 Å². The van der Waals surface area contributed by atoms with Gasteiger partial charge >= 0.3 is 11.9 Å². The molecule has 0 spiro atoms. The third-order valence-corrected chi connectivity index (χ3v) is 3.00. The minimum atomic E-state index is -0.422. The van der Waals surface area contributed by atoms with Crippen LogP contribution in [0.5, 0.6) is 0 Å². The molecule has 0 atom stereocenters. The number of carbonyl (C=O) groups is 2. The van der Waals surface area contributed by atoms with Gasteiger partial charge < -0.3 is 9.47 Å². The molecular weight excluding hydrogens is 296 g/mol. The molecule has 0 N–H and O–H groups in total. The smallest absolute Gasteiger partial charge is 0.338 e. The van der Waals surface area contributed by atoms with Crippen molar-refractivity contribution in [2.45, 2.75) is 20.8 Å². The summed E-state index contributed by atoms with van der Waals surface area (Å²) in [7, 11) is 0. The monoisotopic (exact) mass is 314 g/mol. The van der Waals surface area contributed by atoms with Crippen LogP contribution in [0.15, 0.2) is 30.5 Å². The third kappa shape index (κ3) is 4.12. The van der Waals surface area contributed by atoms with Crippen molar-refractivity contribution in [3.8, 4) is 11.4 Å². The number of pyridine rings is 2. The number of hydrogen-bond acceptors (Lipinski definition) is 6. The molecule has 0 aliphatic heterocycles. The number of nitrogens with zero attached hydrogens (tertiary/aromatic N) is 2. The Morgan fingerprint density at radius 2 is 1.57 bits per heavy atom. The Hall–Kier alpha value is -2.76. The van der Waals surface area contributed by atoms with Crippen molar-refractivity contribution in [2.75, 3.05) is 13.2 Å². The summed E-state index contributed by atoms with van der Waals surface area (Å²) in [5.74, 6) is -0.838.